The Balaban J connectivity index is 1.91. The van der Waals surface area contributed by atoms with Crippen molar-refractivity contribution in [3.05, 3.63) is 57.5 Å². The van der Waals surface area contributed by atoms with Gasteiger partial charge in [-0.3, -0.25) is 9.59 Å². The van der Waals surface area contributed by atoms with Crippen LogP contribution in [0.2, 0.25) is 0 Å². The molecule has 2 heterocycles. The maximum atomic E-state index is 12.9. The lowest BCUT2D eigenvalue weighted by atomic mass is 10.0. The number of nitrogens with zero attached hydrogens (tertiary/aromatic N) is 2. The van der Waals surface area contributed by atoms with Crippen molar-refractivity contribution in [1.82, 2.24) is 9.47 Å². The van der Waals surface area contributed by atoms with Gasteiger partial charge in [0.25, 0.3) is 11.5 Å². The monoisotopic (exact) mass is 328 g/mol. The van der Waals surface area contributed by atoms with Gasteiger partial charge in [0.2, 0.25) is 0 Å². The zero-order valence-corrected chi connectivity index (χ0v) is 14.0. The molecule has 126 valence electrons. The second kappa shape index (κ2) is 6.39. The van der Waals surface area contributed by atoms with Crippen LogP contribution in [0, 0.1) is 0 Å². The molecule has 0 bridgehead atoms. The highest BCUT2D eigenvalue weighted by molar-refractivity contribution is 5.97. The van der Waals surface area contributed by atoms with Gasteiger partial charge in [-0.25, -0.2) is 0 Å². The molecule has 0 spiro atoms. The smallest absolute Gasteiger partial charge is 0.258 e. The number of carbonyl (C=O) groups excluding carboxylic acids is 1. The Bertz CT molecular complexity index is 841. The van der Waals surface area contributed by atoms with E-state index in [2.05, 4.69) is 0 Å². The summed E-state index contributed by atoms with van der Waals surface area (Å²) < 4.78 is 12.1. The Labute approximate surface area is 140 Å². The first kappa shape index (κ1) is 16.1. The highest BCUT2D eigenvalue weighted by Crippen LogP contribution is 2.27. The van der Waals surface area contributed by atoms with E-state index in [1.54, 1.807) is 61.2 Å². The highest BCUT2D eigenvalue weighted by atomic mass is 16.5. The lowest BCUT2D eigenvalue weighted by Gasteiger charge is -2.29. The van der Waals surface area contributed by atoms with Crippen LogP contribution >= 0.6 is 0 Å². The van der Waals surface area contributed by atoms with Crippen molar-refractivity contribution in [2.45, 2.75) is 13.0 Å². The van der Waals surface area contributed by atoms with Crippen LogP contribution in [-0.2, 0) is 20.0 Å². The summed E-state index contributed by atoms with van der Waals surface area (Å²) in [4.78, 5) is 26.4. The van der Waals surface area contributed by atoms with Gasteiger partial charge in [0.15, 0.2) is 0 Å². The molecule has 1 aliphatic heterocycles. The number of methoxy groups -OCH3 is 2. The molecule has 1 amide bonds. The fourth-order valence-corrected chi connectivity index (χ4v) is 2.96. The molecular formula is C18H20N2O4. The van der Waals surface area contributed by atoms with Crippen LogP contribution in [0.3, 0.4) is 0 Å². The minimum atomic E-state index is -0.106. The van der Waals surface area contributed by atoms with Gasteiger partial charge in [-0.1, -0.05) is 0 Å². The van der Waals surface area contributed by atoms with Crippen molar-refractivity contribution >= 4 is 5.91 Å². The van der Waals surface area contributed by atoms with E-state index < -0.39 is 0 Å². The van der Waals surface area contributed by atoms with E-state index in [4.69, 9.17) is 9.47 Å². The molecule has 3 rings (SSSR count). The van der Waals surface area contributed by atoms with E-state index in [-0.39, 0.29) is 11.5 Å². The van der Waals surface area contributed by atoms with Crippen LogP contribution in [0.4, 0.5) is 0 Å². The van der Waals surface area contributed by atoms with Gasteiger partial charge >= 0.3 is 0 Å². The van der Waals surface area contributed by atoms with Gasteiger partial charge in [-0.2, -0.15) is 0 Å². The number of ether oxygens (including phenoxy) is 2. The SMILES string of the molecule is COc1ccc(OC)c(C(=O)N2CCc3cc(=O)n(C)cc3C2)c1. The van der Waals surface area contributed by atoms with E-state index in [1.165, 1.54) is 0 Å². The Morgan fingerprint density at radius 1 is 1.12 bits per heavy atom. The van der Waals surface area contributed by atoms with E-state index in [1.807, 2.05) is 0 Å². The molecule has 0 atom stereocenters. The molecule has 1 aromatic heterocycles. The Kier molecular flexibility index (Phi) is 4.29. The number of aryl methyl sites for hydroxylation is 1. The lowest BCUT2D eigenvalue weighted by molar-refractivity contribution is 0.0730. The molecule has 0 N–H and O–H groups in total. The predicted octanol–water partition coefficient (Wildman–Crippen LogP) is 1.60. The minimum Gasteiger partial charge on any atom is -0.497 e. The third-order valence-corrected chi connectivity index (χ3v) is 4.34. The van der Waals surface area contributed by atoms with Crippen molar-refractivity contribution in [2.75, 3.05) is 20.8 Å². The number of hydrogen-bond donors (Lipinski definition) is 0. The molecule has 0 aliphatic carbocycles. The summed E-state index contributed by atoms with van der Waals surface area (Å²) in [6, 6.07) is 6.84. The Hall–Kier alpha value is -2.76. The molecule has 24 heavy (non-hydrogen) atoms. The summed E-state index contributed by atoms with van der Waals surface area (Å²) in [5.74, 6) is 1.02. The molecule has 0 saturated heterocycles. The van der Waals surface area contributed by atoms with Gasteiger partial charge in [0, 0.05) is 32.4 Å². The van der Waals surface area contributed by atoms with E-state index >= 15 is 0 Å². The number of rotatable bonds is 3. The quantitative estimate of drug-likeness (QED) is 0.859. The highest BCUT2D eigenvalue weighted by Gasteiger charge is 2.25. The molecule has 1 aromatic carbocycles. The summed E-state index contributed by atoms with van der Waals surface area (Å²) in [7, 11) is 4.82. The molecule has 0 saturated carbocycles. The first-order chi connectivity index (χ1) is 11.5. The van der Waals surface area contributed by atoms with Crippen molar-refractivity contribution < 1.29 is 14.3 Å². The zero-order valence-electron chi connectivity index (χ0n) is 14.0. The second-order valence-corrected chi connectivity index (χ2v) is 5.82. The van der Waals surface area contributed by atoms with Crippen molar-refractivity contribution in [3.8, 4) is 11.5 Å². The van der Waals surface area contributed by atoms with Crippen LogP contribution in [0.15, 0.2) is 35.3 Å². The average molecular weight is 328 g/mol. The Morgan fingerprint density at radius 2 is 1.92 bits per heavy atom. The first-order valence-electron chi connectivity index (χ1n) is 7.73. The standard InChI is InChI=1S/C18H20N2O4/c1-19-10-13-11-20(7-6-12(13)8-17(19)21)18(22)15-9-14(23-2)4-5-16(15)24-3/h4-5,8-10H,6-7,11H2,1-3H3. The van der Waals surface area contributed by atoms with E-state index in [0.717, 1.165) is 11.1 Å². The fraction of sp³-hybridized carbons (Fsp3) is 0.333. The van der Waals surface area contributed by atoms with Crippen LogP contribution in [-0.4, -0.2) is 36.1 Å². The summed E-state index contributed by atoms with van der Waals surface area (Å²) >= 11 is 0. The van der Waals surface area contributed by atoms with E-state index in [9.17, 15) is 9.59 Å². The van der Waals surface area contributed by atoms with Crippen LogP contribution in [0.5, 0.6) is 11.5 Å². The largest absolute Gasteiger partial charge is 0.497 e. The van der Waals surface area contributed by atoms with Gasteiger partial charge in [0.05, 0.1) is 19.8 Å². The molecule has 0 unspecified atom stereocenters. The average Bonchev–Trinajstić information content (AvgIpc) is 2.61. The van der Waals surface area contributed by atoms with E-state index in [0.29, 0.717) is 36.6 Å². The van der Waals surface area contributed by atoms with Crippen molar-refractivity contribution in [3.63, 3.8) is 0 Å². The summed E-state index contributed by atoms with van der Waals surface area (Å²) in [5.41, 5.74) is 2.46. The summed E-state index contributed by atoms with van der Waals surface area (Å²) in [5, 5.41) is 0. The van der Waals surface area contributed by atoms with Gasteiger partial charge in [-0.05, 0) is 35.7 Å². The third-order valence-electron chi connectivity index (χ3n) is 4.34. The van der Waals surface area contributed by atoms with Gasteiger partial charge in [0.1, 0.15) is 11.5 Å². The molecule has 6 heteroatoms. The number of aromatic nitrogens is 1. The summed E-state index contributed by atoms with van der Waals surface area (Å²) in [6.45, 7) is 1.04. The van der Waals surface area contributed by atoms with Gasteiger partial charge < -0.3 is 18.9 Å². The maximum absolute atomic E-state index is 12.9. The maximum Gasteiger partial charge on any atom is 0.258 e. The van der Waals surface area contributed by atoms with Crippen LogP contribution in [0.25, 0.3) is 0 Å². The number of benzene rings is 1. The molecule has 2 aromatic rings. The minimum absolute atomic E-state index is 0.0250. The number of amides is 1. The third kappa shape index (κ3) is 2.87. The molecule has 0 fully saturated rings. The number of fused-ring (bicyclic) bond motifs is 1. The van der Waals surface area contributed by atoms with Crippen molar-refractivity contribution in [2.24, 2.45) is 7.05 Å². The number of carbonyl (C=O) groups is 1. The van der Waals surface area contributed by atoms with Crippen LogP contribution in [0.1, 0.15) is 21.5 Å². The normalized spacial score (nSPS) is 13.4. The summed E-state index contributed by atoms with van der Waals surface area (Å²) in [6.07, 6.45) is 2.48. The number of hydrogen-bond acceptors (Lipinski definition) is 4. The Morgan fingerprint density at radius 3 is 2.62 bits per heavy atom. The molecule has 0 radical (unpaired) electrons. The molecule has 6 nitrogen and oxygen atoms in total. The first-order valence-corrected chi connectivity index (χ1v) is 7.73. The predicted molar refractivity (Wildman–Crippen MR) is 89.7 cm³/mol. The second-order valence-electron chi connectivity index (χ2n) is 5.82. The molecular weight excluding hydrogens is 308 g/mol. The van der Waals surface area contributed by atoms with Crippen LogP contribution < -0.4 is 15.0 Å². The molecule has 1 aliphatic rings. The zero-order chi connectivity index (χ0) is 17.3. The van der Waals surface area contributed by atoms with Gasteiger partial charge in [-0.15, -0.1) is 0 Å². The number of pyridine rings is 1. The van der Waals surface area contributed by atoms with Crippen molar-refractivity contribution in [1.29, 1.82) is 0 Å². The fourth-order valence-electron chi connectivity index (χ4n) is 2.96. The topological polar surface area (TPSA) is 60.8 Å². The lowest BCUT2D eigenvalue weighted by Crippen LogP contribution is -2.37.